The monoisotopic (exact) mass is 245 g/mol. The Labute approximate surface area is 100 Å². The van der Waals surface area contributed by atoms with Crippen LogP contribution in [0.1, 0.15) is 32.6 Å². The third kappa shape index (κ3) is 6.71. The van der Waals surface area contributed by atoms with Gasteiger partial charge in [-0.2, -0.15) is 0 Å². The lowest BCUT2D eigenvalue weighted by Gasteiger charge is -2.13. The van der Waals surface area contributed by atoms with E-state index in [1.807, 2.05) is 6.92 Å². The Morgan fingerprint density at radius 1 is 1.44 bits per heavy atom. The zero-order valence-electron chi connectivity index (χ0n) is 9.57. The fourth-order valence-electron chi connectivity index (χ4n) is 1.51. The lowest BCUT2D eigenvalue weighted by atomic mass is 10.1. The molecule has 1 rings (SSSR count). The average molecular weight is 245 g/mol. The largest absolute Gasteiger partial charge is 0.481 e. The maximum atomic E-state index is 11.4. The number of thioether (sulfide) groups is 1. The minimum absolute atomic E-state index is 0.0100. The van der Waals surface area contributed by atoms with Crippen LogP contribution in [0.25, 0.3) is 0 Å². The van der Waals surface area contributed by atoms with Gasteiger partial charge in [-0.05, 0) is 25.7 Å². The predicted octanol–water partition coefficient (Wildman–Crippen LogP) is 1.50. The number of aliphatic carboxylic acids is 1. The summed E-state index contributed by atoms with van der Waals surface area (Å²) in [6.45, 7) is 2.00. The number of carbonyl (C=O) groups is 2. The molecule has 0 aromatic rings. The molecule has 16 heavy (non-hydrogen) atoms. The molecule has 1 amide bonds. The molecule has 0 aromatic heterocycles. The highest BCUT2D eigenvalue weighted by atomic mass is 32.2. The smallest absolute Gasteiger partial charge is 0.313 e. The SMILES string of the molecule is CC(CCC1CC1)NC(=O)CSCC(=O)O. The summed E-state index contributed by atoms with van der Waals surface area (Å²) in [6.07, 6.45) is 4.91. The lowest BCUT2D eigenvalue weighted by Crippen LogP contribution is -2.34. The van der Waals surface area contributed by atoms with Gasteiger partial charge < -0.3 is 10.4 Å². The summed E-state index contributed by atoms with van der Waals surface area (Å²) >= 11 is 1.14. The second kappa shape index (κ2) is 6.78. The zero-order chi connectivity index (χ0) is 12.0. The summed E-state index contributed by atoms with van der Waals surface area (Å²) in [5.74, 6) is 0.180. The minimum Gasteiger partial charge on any atom is -0.481 e. The van der Waals surface area contributed by atoms with Crippen molar-refractivity contribution in [2.24, 2.45) is 5.92 Å². The van der Waals surface area contributed by atoms with Gasteiger partial charge in [-0.1, -0.05) is 12.8 Å². The molecule has 0 bridgehead atoms. The van der Waals surface area contributed by atoms with Gasteiger partial charge in [0.2, 0.25) is 5.91 Å². The summed E-state index contributed by atoms with van der Waals surface area (Å²) < 4.78 is 0. The number of carbonyl (C=O) groups excluding carboxylic acids is 1. The Balaban J connectivity index is 2.00. The van der Waals surface area contributed by atoms with Gasteiger partial charge in [0, 0.05) is 6.04 Å². The van der Waals surface area contributed by atoms with Crippen LogP contribution >= 0.6 is 11.8 Å². The van der Waals surface area contributed by atoms with Gasteiger partial charge in [-0.15, -0.1) is 11.8 Å². The lowest BCUT2D eigenvalue weighted by molar-refractivity contribution is -0.133. The Morgan fingerprint density at radius 3 is 2.69 bits per heavy atom. The minimum atomic E-state index is -0.875. The van der Waals surface area contributed by atoms with E-state index in [0.717, 1.165) is 24.1 Å². The molecule has 92 valence electrons. The molecule has 0 spiro atoms. The number of rotatable bonds is 8. The quantitative estimate of drug-likeness (QED) is 0.680. The Kier molecular flexibility index (Phi) is 5.66. The van der Waals surface area contributed by atoms with E-state index in [1.54, 1.807) is 0 Å². The fraction of sp³-hybridized carbons (Fsp3) is 0.818. The van der Waals surface area contributed by atoms with Crippen molar-refractivity contribution in [3.05, 3.63) is 0 Å². The predicted molar refractivity (Wildman–Crippen MR) is 64.5 cm³/mol. The molecule has 0 heterocycles. The molecule has 4 nitrogen and oxygen atoms in total. The molecule has 1 saturated carbocycles. The summed E-state index contributed by atoms with van der Waals surface area (Å²) in [5.41, 5.74) is 0. The van der Waals surface area contributed by atoms with Crippen molar-refractivity contribution in [3.63, 3.8) is 0 Å². The second-order valence-corrected chi connectivity index (χ2v) is 5.36. The van der Waals surface area contributed by atoms with Crippen molar-refractivity contribution in [1.82, 2.24) is 5.32 Å². The summed E-state index contributed by atoms with van der Waals surface area (Å²) in [4.78, 5) is 21.6. The van der Waals surface area contributed by atoms with Crippen molar-refractivity contribution in [2.45, 2.75) is 38.6 Å². The van der Waals surface area contributed by atoms with Crippen molar-refractivity contribution in [1.29, 1.82) is 0 Å². The summed E-state index contributed by atoms with van der Waals surface area (Å²) in [6, 6.07) is 0.207. The van der Waals surface area contributed by atoms with Crippen LogP contribution < -0.4 is 5.32 Å². The molecule has 0 aliphatic heterocycles. The van der Waals surface area contributed by atoms with Crippen LogP contribution in [0, 0.1) is 5.92 Å². The van der Waals surface area contributed by atoms with Crippen LogP contribution in [0.15, 0.2) is 0 Å². The summed E-state index contributed by atoms with van der Waals surface area (Å²) in [7, 11) is 0. The van der Waals surface area contributed by atoms with E-state index < -0.39 is 5.97 Å². The second-order valence-electron chi connectivity index (χ2n) is 4.38. The molecule has 2 N–H and O–H groups in total. The fourth-order valence-corrected chi connectivity index (χ4v) is 2.06. The molecule has 5 heteroatoms. The van der Waals surface area contributed by atoms with Crippen LogP contribution in [0.5, 0.6) is 0 Å². The van der Waals surface area contributed by atoms with Gasteiger partial charge in [0.25, 0.3) is 0 Å². The highest BCUT2D eigenvalue weighted by Crippen LogP contribution is 2.33. The first-order valence-electron chi connectivity index (χ1n) is 5.67. The third-order valence-corrected chi connectivity index (χ3v) is 3.49. The maximum Gasteiger partial charge on any atom is 0.313 e. The molecule has 1 aliphatic carbocycles. The van der Waals surface area contributed by atoms with Crippen LogP contribution in [-0.2, 0) is 9.59 Å². The number of carboxylic acid groups (broad SMARTS) is 1. The Morgan fingerprint density at radius 2 is 2.12 bits per heavy atom. The zero-order valence-corrected chi connectivity index (χ0v) is 10.4. The van der Waals surface area contributed by atoms with Crippen LogP contribution in [-0.4, -0.2) is 34.5 Å². The molecule has 1 aliphatic rings. The molecule has 1 fully saturated rings. The summed E-state index contributed by atoms with van der Waals surface area (Å²) in [5, 5.41) is 11.3. The van der Waals surface area contributed by atoms with E-state index in [9.17, 15) is 9.59 Å². The third-order valence-electron chi connectivity index (χ3n) is 2.57. The average Bonchev–Trinajstić information content (AvgIpc) is 2.97. The number of amides is 1. The molecular weight excluding hydrogens is 226 g/mol. The van der Waals surface area contributed by atoms with Crippen molar-refractivity contribution in [2.75, 3.05) is 11.5 Å². The number of nitrogens with one attached hydrogen (secondary N) is 1. The van der Waals surface area contributed by atoms with Crippen molar-refractivity contribution in [3.8, 4) is 0 Å². The van der Waals surface area contributed by atoms with E-state index in [2.05, 4.69) is 5.32 Å². The highest BCUT2D eigenvalue weighted by Gasteiger charge is 2.21. The van der Waals surface area contributed by atoms with Gasteiger partial charge >= 0.3 is 5.97 Å². The normalized spacial score (nSPS) is 16.8. The molecule has 1 unspecified atom stereocenters. The number of hydrogen-bond acceptors (Lipinski definition) is 3. The number of hydrogen-bond donors (Lipinski definition) is 2. The molecule has 0 aromatic carbocycles. The van der Waals surface area contributed by atoms with E-state index in [1.165, 1.54) is 19.3 Å². The van der Waals surface area contributed by atoms with E-state index in [0.29, 0.717) is 0 Å². The Bertz CT molecular complexity index is 254. The van der Waals surface area contributed by atoms with Gasteiger partial charge in [-0.25, -0.2) is 0 Å². The first-order valence-corrected chi connectivity index (χ1v) is 6.82. The maximum absolute atomic E-state index is 11.4. The number of carboxylic acids is 1. The van der Waals surface area contributed by atoms with Crippen LogP contribution in [0.4, 0.5) is 0 Å². The van der Waals surface area contributed by atoms with Gasteiger partial charge in [-0.3, -0.25) is 9.59 Å². The van der Waals surface area contributed by atoms with E-state index in [-0.39, 0.29) is 23.5 Å². The molecular formula is C11H19NO3S. The van der Waals surface area contributed by atoms with Gasteiger partial charge in [0.15, 0.2) is 0 Å². The molecule has 1 atom stereocenters. The van der Waals surface area contributed by atoms with Crippen LogP contribution in [0.2, 0.25) is 0 Å². The first-order chi connectivity index (χ1) is 7.58. The van der Waals surface area contributed by atoms with E-state index >= 15 is 0 Å². The topological polar surface area (TPSA) is 66.4 Å². The van der Waals surface area contributed by atoms with Crippen LogP contribution in [0.3, 0.4) is 0 Å². The van der Waals surface area contributed by atoms with E-state index in [4.69, 9.17) is 5.11 Å². The standard InChI is InChI=1S/C11H19NO3S/c1-8(2-3-9-4-5-9)12-10(13)6-16-7-11(14)15/h8-9H,2-7H2,1H3,(H,12,13)(H,14,15). The molecule has 0 radical (unpaired) electrons. The van der Waals surface area contributed by atoms with Gasteiger partial charge in [0.1, 0.15) is 0 Å². The van der Waals surface area contributed by atoms with Crippen molar-refractivity contribution < 1.29 is 14.7 Å². The van der Waals surface area contributed by atoms with Crippen molar-refractivity contribution >= 4 is 23.6 Å². The highest BCUT2D eigenvalue weighted by molar-refractivity contribution is 8.00. The van der Waals surface area contributed by atoms with Gasteiger partial charge in [0.05, 0.1) is 11.5 Å². The Hall–Kier alpha value is -0.710. The molecule has 0 saturated heterocycles. The first kappa shape index (κ1) is 13.4.